The number of benzene rings is 1. The Morgan fingerprint density at radius 1 is 0.603 bits per heavy atom. The zero-order chi connectivity index (χ0) is 48.2. The lowest BCUT2D eigenvalue weighted by Gasteiger charge is -2.53. The molecule has 4 saturated heterocycles. The number of hydrogen-bond acceptors (Lipinski definition) is 8. The second kappa shape index (κ2) is 18.7. The van der Waals surface area contributed by atoms with Crippen LogP contribution in [0.5, 0.6) is 0 Å². The normalized spacial score (nSPS) is 27.7. The lowest BCUT2D eigenvalue weighted by molar-refractivity contribution is -0.136. The molecule has 6 N–H and O–H groups in total. The SMILES string of the molecule is CC(C)[C@H](NC(=O)N1CCC(C)(O)CC1)C(=O)N1CCC[C@H]1c1ncc(-c2ccc(C34CCC(c5cnc([C@@H]6CCCN6C(=O)[C@@H](NC(=O)N6CCC(C)(O)CC6)C(C)C)[nH]5)(CC3)CC4)cc2)[nH]1. The van der Waals surface area contributed by atoms with Gasteiger partial charge in [0.2, 0.25) is 11.8 Å². The summed E-state index contributed by atoms with van der Waals surface area (Å²) < 4.78 is 0. The van der Waals surface area contributed by atoms with Gasteiger partial charge in [0.15, 0.2) is 0 Å². The number of rotatable bonds is 11. The number of urea groups is 2. The molecular formula is C52H76N10O6. The van der Waals surface area contributed by atoms with Crippen LogP contribution in [0.1, 0.15) is 166 Å². The summed E-state index contributed by atoms with van der Waals surface area (Å²) in [5.41, 5.74) is 3.16. The van der Waals surface area contributed by atoms with Crippen LogP contribution in [0.4, 0.5) is 9.59 Å². The maximum Gasteiger partial charge on any atom is 0.318 e. The molecule has 10 rings (SSSR count). The maximum atomic E-state index is 14.2. The molecule has 16 heteroatoms. The zero-order valence-corrected chi connectivity index (χ0v) is 41.3. The molecule has 3 saturated carbocycles. The number of aromatic nitrogens is 4. The number of nitrogens with one attached hydrogen (secondary N) is 4. The van der Waals surface area contributed by atoms with E-state index in [1.807, 2.05) is 56.8 Å². The lowest BCUT2D eigenvalue weighted by Crippen LogP contribution is -2.56. The molecule has 7 aliphatic rings. The molecule has 6 heterocycles. The van der Waals surface area contributed by atoms with Gasteiger partial charge >= 0.3 is 12.1 Å². The Morgan fingerprint density at radius 3 is 1.49 bits per heavy atom. The van der Waals surface area contributed by atoms with Gasteiger partial charge in [-0.2, -0.15) is 0 Å². The van der Waals surface area contributed by atoms with Crippen molar-refractivity contribution in [1.29, 1.82) is 0 Å². The van der Waals surface area contributed by atoms with Gasteiger partial charge < -0.3 is 50.4 Å². The molecule has 3 aromatic rings. The van der Waals surface area contributed by atoms with E-state index in [1.165, 1.54) is 11.3 Å². The van der Waals surface area contributed by atoms with Crippen LogP contribution in [0.3, 0.4) is 0 Å². The molecule has 0 radical (unpaired) electrons. The number of carbonyl (C=O) groups excluding carboxylic acids is 4. The predicted molar refractivity (Wildman–Crippen MR) is 258 cm³/mol. The summed E-state index contributed by atoms with van der Waals surface area (Å²) in [6, 6.07) is 6.82. The monoisotopic (exact) mass is 937 g/mol. The minimum Gasteiger partial charge on any atom is -0.390 e. The van der Waals surface area contributed by atoms with Crippen molar-refractivity contribution in [3.63, 3.8) is 0 Å². The van der Waals surface area contributed by atoms with E-state index >= 15 is 0 Å². The molecule has 2 bridgehead atoms. The molecule has 0 spiro atoms. The first-order valence-corrected chi connectivity index (χ1v) is 25.7. The van der Waals surface area contributed by atoms with Gasteiger partial charge in [-0.05, 0) is 132 Å². The number of imidazole rings is 2. The van der Waals surface area contributed by atoms with Crippen molar-refractivity contribution in [3.8, 4) is 11.3 Å². The number of aromatic amines is 2. The van der Waals surface area contributed by atoms with E-state index in [4.69, 9.17) is 9.97 Å². The summed E-state index contributed by atoms with van der Waals surface area (Å²) in [6.45, 7) is 14.6. The van der Waals surface area contributed by atoms with Crippen molar-refractivity contribution in [2.24, 2.45) is 11.8 Å². The quantitative estimate of drug-likeness (QED) is 0.120. The van der Waals surface area contributed by atoms with E-state index in [9.17, 15) is 29.4 Å². The van der Waals surface area contributed by atoms with Crippen molar-refractivity contribution in [2.75, 3.05) is 39.3 Å². The number of amides is 6. The van der Waals surface area contributed by atoms with Gasteiger partial charge in [0, 0.05) is 56.6 Å². The Bertz CT molecular complexity index is 2270. The largest absolute Gasteiger partial charge is 0.390 e. The summed E-state index contributed by atoms with van der Waals surface area (Å²) in [5, 5.41) is 26.8. The third-order valence-corrected chi connectivity index (χ3v) is 17.2. The van der Waals surface area contributed by atoms with Crippen molar-refractivity contribution < 1.29 is 29.4 Å². The van der Waals surface area contributed by atoms with Crippen LogP contribution < -0.4 is 10.6 Å². The van der Waals surface area contributed by atoms with Gasteiger partial charge in [0.05, 0.1) is 35.2 Å². The zero-order valence-electron chi connectivity index (χ0n) is 41.3. The second-order valence-corrected chi connectivity index (χ2v) is 22.7. The minimum absolute atomic E-state index is 0.0347. The maximum absolute atomic E-state index is 14.2. The Balaban J connectivity index is 0.807. The van der Waals surface area contributed by atoms with Crippen LogP contribution in [0.25, 0.3) is 11.3 Å². The molecule has 1 aromatic carbocycles. The molecule has 6 amide bonds. The molecule has 7 fully saturated rings. The predicted octanol–water partition coefficient (Wildman–Crippen LogP) is 6.83. The van der Waals surface area contributed by atoms with Gasteiger partial charge in [0.1, 0.15) is 23.7 Å². The molecule has 4 aliphatic heterocycles. The molecule has 3 aliphatic carbocycles. The first-order valence-electron chi connectivity index (χ1n) is 25.7. The van der Waals surface area contributed by atoms with Crippen LogP contribution >= 0.6 is 0 Å². The average Bonchev–Trinajstić information content (AvgIpc) is 4.17. The summed E-state index contributed by atoms with van der Waals surface area (Å²) >= 11 is 0. The average molecular weight is 937 g/mol. The highest BCUT2D eigenvalue weighted by molar-refractivity contribution is 5.88. The van der Waals surface area contributed by atoms with E-state index in [0.717, 1.165) is 87.1 Å². The molecule has 370 valence electrons. The number of hydrogen-bond donors (Lipinski definition) is 6. The number of aliphatic hydroxyl groups is 2. The van der Waals surface area contributed by atoms with E-state index < -0.39 is 23.3 Å². The standard InChI is InChI=1S/C52H76N10O6/c1-33(2)41(57-47(65)59-27-21-49(5,67)22-28-59)45(63)61-25-7-9-38(61)43-53-31-37(55-43)35-11-13-36(14-12-35)51-15-18-52(19-16-51,20-17-51)40-32-54-44(56-40)39-10-8-26-62(39)46(64)42(34(3)4)58-48(66)60-29-23-50(6,68)24-30-60/h11-14,31-34,38-39,41-42,67-68H,7-10,15-30H2,1-6H3,(H,53,55)(H,54,56)(H,57,65)(H,58,66)/t38-,39-,41-,42-,51?,52?/m0/s1. The first kappa shape index (κ1) is 48.1. The van der Waals surface area contributed by atoms with Gasteiger partial charge in [0.25, 0.3) is 0 Å². The van der Waals surface area contributed by atoms with Crippen LogP contribution in [0, 0.1) is 11.8 Å². The molecule has 0 unspecified atom stereocenters. The van der Waals surface area contributed by atoms with Gasteiger partial charge in [-0.3, -0.25) is 9.59 Å². The number of H-pyrrole nitrogens is 2. The van der Waals surface area contributed by atoms with E-state index in [1.54, 1.807) is 16.7 Å². The van der Waals surface area contributed by atoms with Crippen molar-refractivity contribution in [3.05, 3.63) is 59.6 Å². The highest BCUT2D eigenvalue weighted by Gasteiger charge is 2.51. The smallest absolute Gasteiger partial charge is 0.318 e. The number of likely N-dealkylation sites (tertiary alicyclic amines) is 4. The number of piperidine rings is 2. The van der Waals surface area contributed by atoms with E-state index in [0.29, 0.717) is 65.0 Å². The Labute approximate surface area is 401 Å². The second-order valence-electron chi connectivity index (χ2n) is 22.7. The fraction of sp³-hybridized carbons (Fsp3) is 0.692. The molecule has 2 aromatic heterocycles. The summed E-state index contributed by atoms with van der Waals surface area (Å²) in [7, 11) is 0. The molecular weight excluding hydrogens is 861 g/mol. The van der Waals surface area contributed by atoms with Crippen molar-refractivity contribution in [1.82, 2.24) is 50.2 Å². The summed E-state index contributed by atoms with van der Waals surface area (Å²) in [4.78, 5) is 79.2. The Morgan fingerprint density at radius 2 is 1.03 bits per heavy atom. The van der Waals surface area contributed by atoms with Gasteiger partial charge in [-0.25, -0.2) is 19.6 Å². The van der Waals surface area contributed by atoms with E-state index in [-0.39, 0.29) is 58.6 Å². The van der Waals surface area contributed by atoms with Crippen LogP contribution in [-0.2, 0) is 20.4 Å². The number of carbonyl (C=O) groups is 4. The lowest BCUT2D eigenvalue weighted by atomic mass is 9.51. The van der Waals surface area contributed by atoms with Gasteiger partial charge in [-0.1, -0.05) is 52.0 Å². The van der Waals surface area contributed by atoms with Crippen LogP contribution in [0.2, 0.25) is 0 Å². The first-order chi connectivity index (χ1) is 32.4. The Hall–Kier alpha value is -4.96. The van der Waals surface area contributed by atoms with E-state index in [2.05, 4.69) is 44.9 Å². The molecule has 16 nitrogen and oxygen atoms in total. The third-order valence-electron chi connectivity index (χ3n) is 17.2. The van der Waals surface area contributed by atoms with Crippen molar-refractivity contribution >= 4 is 23.9 Å². The van der Waals surface area contributed by atoms with Crippen LogP contribution in [-0.4, -0.2) is 136 Å². The topological polar surface area (TPSA) is 203 Å². The summed E-state index contributed by atoms with van der Waals surface area (Å²) in [6.07, 6.45) is 15.8. The number of nitrogens with zero attached hydrogens (tertiary/aromatic N) is 6. The Kier molecular flexibility index (Phi) is 13.3. The van der Waals surface area contributed by atoms with Gasteiger partial charge in [-0.15, -0.1) is 0 Å². The fourth-order valence-corrected chi connectivity index (χ4v) is 12.3. The fourth-order valence-electron chi connectivity index (χ4n) is 12.3. The third kappa shape index (κ3) is 9.52. The summed E-state index contributed by atoms with van der Waals surface area (Å²) in [5.74, 6) is 1.27. The minimum atomic E-state index is -0.765. The highest BCUT2D eigenvalue weighted by Crippen LogP contribution is 2.58. The molecule has 68 heavy (non-hydrogen) atoms. The van der Waals surface area contributed by atoms with Crippen LogP contribution in [0.15, 0.2) is 36.7 Å². The molecule has 4 atom stereocenters. The highest BCUT2D eigenvalue weighted by atomic mass is 16.3. The van der Waals surface area contributed by atoms with Crippen molar-refractivity contribution in [2.45, 2.75) is 178 Å². The number of fused-ring (bicyclic) bond motifs is 3.